The van der Waals surface area contributed by atoms with Gasteiger partial charge in [-0.25, -0.2) is 0 Å². The maximum Gasteiger partial charge on any atom is 0.0711 e. The summed E-state index contributed by atoms with van der Waals surface area (Å²) < 4.78 is 0. The smallest absolute Gasteiger partial charge is 0.0711 e. The topological polar surface area (TPSA) is 37.8 Å². The normalized spacial score (nSPS) is 11.2. The number of aromatic nitrogens is 2. The number of hydrogen-bond donors (Lipinski definition) is 1. The molecule has 0 unspecified atom stereocenters. The van der Waals surface area contributed by atoms with Gasteiger partial charge in [-0.1, -0.05) is 148 Å². The zero-order valence-electron chi connectivity index (χ0n) is 30.3. The van der Waals surface area contributed by atoms with E-state index in [1.165, 1.54) is 44.5 Å². The minimum atomic E-state index is 0. The molecule has 0 aliphatic carbocycles. The maximum atomic E-state index is 5.34. The van der Waals surface area contributed by atoms with Crippen LogP contribution in [0.2, 0.25) is 0 Å². The summed E-state index contributed by atoms with van der Waals surface area (Å²) in [6, 6.07) is 43.6. The zero-order valence-corrected chi connectivity index (χ0v) is 31.1. The molecule has 50 heavy (non-hydrogen) atoms. The molecule has 1 N–H and O–H groups in total. The number of rotatable bonds is 12. The van der Waals surface area contributed by atoms with Crippen LogP contribution in [0.5, 0.6) is 0 Å². The largest absolute Gasteiger partial charge is 0.308 e. The molecule has 2 aromatic heterocycles. The van der Waals surface area contributed by atoms with Gasteiger partial charge in [-0.15, -0.1) is 12.4 Å². The van der Waals surface area contributed by atoms with Crippen molar-refractivity contribution in [1.29, 1.82) is 0 Å². The van der Waals surface area contributed by atoms with Crippen LogP contribution in [0.15, 0.2) is 121 Å². The van der Waals surface area contributed by atoms with E-state index in [0.717, 1.165) is 46.7 Å². The lowest BCUT2D eigenvalue weighted by molar-refractivity contribution is 0.608. The number of halogens is 1. The third kappa shape index (κ3) is 8.96. The predicted molar refractivity (Wildman–Crippen MR) is 215 cm³/mol. The third-order valence-electron chi connectivity index (χ3n) is 9.09. The van der Waals surface area contributed by atoms with E-state index in [1.807, 2.05) is 0 Å². The molecule has 0 aliphatic rings. The van der Waals surface area contributed by atoms with Gasteiger partial charge < -0.3 is 5.32 Å². The van der Waals surface area contributed by atoms with Gasteiger partial charge >= 0.3 is 0 Å². The second-order valence-electron chi connectivity index (χ2n) is 14.2. The van der Waals surface area contributed by atoms with Gasteiger partial charge in [0.2, 0.25) is 0 Å². The lowest BCUT2D eigenvalue weighted by Gasteiger charge is -2.21. The van der Waals surface area contributed by atoms with Crippen molar-refractivity contribution in [2.75, 3.05) is 0 Å². The molecule has 3 nitrogen and oxygen atoms in total. The summed E-state index contributed by atoms with van der Waals surface area (Å²) in [5.41, 5.74) is 16.7. The van der Waals surface area contributed by atoms with Crippen LogP contribution in [0.1, 0.15) is 61.3 Å². The first kappa shape index (κ1) is 36.7. The van der Waals surface area contributed by atoms with Gasteiger partial charge in [-0.05, 0) is 84.0 Å². The van der Waals surface area contributed by atoms with Crippen molar-refractivity contribution in [1.82, 2.24) is 15.3 Å². The molecule has 0 radical (unpaired) electrons. The summed E-state index contributed by atoms with van der Waals surface area (Å²) in [6.45, 7) is 14.9. The molecule has 256 valence electrons. The summed E-state index contributed by atoms with van der Waals surface area (Å²) in [5.74, 6) is 0.951. The molecule has 4 heteroatoms. The van der Waals surface area contributed by atoms with Crippen molar-refractivity contribution in [3.8, 4) is 44.8 Å². The molecule has 6 rings (SSSR count). The van der Waals surface area contributed by atoms with Crippen molar-refractivity contribution in [2.45, 2.75) is 67.5 Å². The Labute approximate surface area is 305 Å². The van der Waals surface area contributed by atoms with Crippen molar-refractivity contribution in [3.05, 3.63) is 155 Å². The molecule has 4 aromatic carbocycles. The minimum Gasteiger partial charge on any atom is -0.308 e. The van der Waals surface area contributed by atoms with Gasteiger partial charge in [0, 0.05) is 35.6 Å². The van der Waals surface area contributed by atoms with Crippen molar-refractivity contribution in [2.24, 2.45) is 11.8 Å². The molecule has 0 fully saturated rings. The first-order valence-electron chi connectivity index (χ1n) is 17.8. The van der Waals surface area contributed by atoms with Gasteiger partial charge in [-0.2, -0.15) is 0 Å². The van der Waals surface area contributed by atoms with E-state index >= 15 is 0 Å². The fourth-order valence-corrected chi connectivity index (χ4v) is 6.56. The summed E-state index contributed by atoms with van der Waals surface area (Å²) in [5, 5.41) is 3.93. The highest BCUT2D eigenvalue weighted by Crippen LogP contribution is 2.34. The Balaban J connectivity index is 0.00000486. The lowest BCUT2D eigenvalue weighted by Crippen LogP contribution is -2.19. The quantitative estimate of drug-likeness (QED) is 0.140. The molecule has 0 saturated heterocycles. The number of aryl methyl sites for hydroxylation is 2. The molecule has 0 saturated carbocycles. The molecule has 0 amide bonds. The van der Waals surface area contributed by atoms with Crippen LogP contribution >= 0.6 is 12.4 Å². The van der Waals surface area contributed by atoms with Gasteiger partial charge in [0.05, 0.1) is 11.4 Å². The molecular weight excluding hydrogens is 630 g/mol. The Morgan fingerprint density at radius 1 is 0.480 bits per heavy atom. The Kier molecular flexibility index (Phi) is 12.4. The maximum absolute atomic E-state index is 5.34. The van der Waals surface area contributed by atoms with Gasteiger partial charge in [0.15, 0.2) is 0 Å². The van der Waals surface area contributed by atoms with Crippen LogP contribution in [-0.2, 0) is 25.9 Å². The Morgan fingerprint density at radius 3 is 1.18 bits per heavy atom. The van der Waals surface area contributed by atoms with Gasteiger partial charge in [0.1, 0.15) is 0 Å². The van der Waals surface area contributed by atoms with E-state index in [2.05, 4.69) is 168 Å². The van der Waals surface area contributed by atoms with E-state index in [9.17, 15) is 0 Å². The minimum absolute atomic E-state index is 0. The molecule has 0 atom stereocenters. The van der Waals surface area contributed by atoms with E-state index in [1.54, 1.807) is 0 Å². The van der Waals surface area contributed by atoms with Crippen LogP contribution in [0.25, 0.3) is 44.8 Å². The third-order valence-corrected chi connectivity index (χ3v) is 9.09. The summed E-state index contributed by atoms with van der Waals surface area (Å²) >= 11 is 0. The monoisotopic (exact) mass is 679 g/mol. The van der Waals surface area contributed by atoms with Crippen LogP contribution in [0.4, 0.5) is 0 Å². The number of hydrogen-bond acceptors (Lipinski definition) is 3. The zero-order chi connectivity index (χ0) is 34.3. The number of nitrogens with one attached hydrogen (secondary N) is 1. The fourth-order valence-electron chi connectivity index (χ4n) is 6.56. The SMILES string of the molecule is Cc1ccc(-c2cc(-c3ccccc3)nc(CC(C)C)c2CNCc2c(-c3ccc(C)cc3)cc(-c3ccccc3)nc2CC(C)C)cc1.Cl. The van der Waals surface area contributed by atoms with Crippen molar-refractivity contribution >= 4 is 12.4 Å². The highest BCUT2D eigenvalue weighted by atomic mass is 35.5. The molecule has 6 aromatic rings. The van der Waals surface area contributed by atoms with Crippen molar-refractivity contribution in [3.63, 3.8) is 0 Å². The highest BCUT2D eigenvalue weighted by molar-refractivity contribution is 5.85. The van der Waals surface area contributed by atoms with Crippen molar-refractivity contribution < 1.29 is 0 Å². The number of pyridine rings is 2. The highest BCUT2D eigenvalue weighted by Gasteiger charge is 2.19. The molecule has 0 bridgehead atoms. The molecule has 2 heterocycles. The number of benzene rings is 4. The van der Waals surface area contributed by atoms with E-state index in [4.69, 9.17) is 9.97 Å². The van der Waals surface area contributed by atoms with E-state index in [-0.39, 0.29) is 12.4 Å². The van der Waals surface area contributed by atoms with Crippen LogP contribution in [0.3, 0.4) is 0 Å². The second kappa shape index (κ2) is 16.9. The summed E-state index contributed by atoms with van der Waals surface area (Å²) in [6.07, 6.45) is 1.83. The number of nitrogens with zero attached hydrogens (tertiary/aromatic N) is 2. The van der Waals surface area contributed by atoms with E-state index < -0.39 is 0 Å². The van der Waals surface area contributed by atoms with E-state index in [0.29, 0.717) is 24.9 Å². The lowest BCUT2D eigenvalue weighted by atomic mass is 9.91. The van der Waals surface area contributed by atoms with Gasteiger partial charge in [0.25, 0.3) is 0 Å². The molecule has 0 spiro atoms. The average Bonchev–Trinajstić information content (AvgIpc) is 3.10. The standard InChI is InChI=1S/C46H49N3.ClH/c1-31(2)25-45-41(39(35-21-17-33(5)18-22-35)27-43(48-45)37-13-9-7-10-14-37)29-47-30-42-40(36-23-19-34(6)20-24-36)28-44(38-15-11-8-12-16-38)49-46(42)26-32(3)4;/h7-24,27-28,31-32,47H,25-26,29-30H2,1-6H3;1H. The fraction of sp³-hybridized carbons (Fsp3) is 0.261. The van der Waals surface area contributed by atoms with Gasteiger partial charge in [-0.3, -0.25) is 9.97 Å². The molecular formula is C46H50ClN3. The second-order valence-corrected chi connectivity index (χ2v) is 14.2. The Hall–Kier alpha value is -4.57. The van der Waals surface area contributed by atoms with Crippen LogP contribution < -0.4 is 5.32 Å². The Bertz CT molecular complexity index is 1830. The Morgan fingerprint density at radius 2 is 0.840 bits per heavy atom. The molecule has 0 aliphatic heterocycles. The van der Waals surface area contributed by atoms with Crippen LogP contribution in [0, 0.1) is 25.7 Å². The first-order chi connectivity index (χ1) is 23.7. The predicted octanol–water partition coefficient (Wildman–Crippen LogP) is 11.9. The van der Waals surface area contributed by atoms with Crippen LogP contribution in [-0.4, -0.2) is 9.97 Å². The summed E-state index contributed by atoms with van der Waals surface area (Å²) in [4.78, 5) is 10.7. The summed E-state index contributed by atoms with van der Waals surface area (Å²) in [7, 11) is 0. The average molecular weight is 680 g/mol. The first-order valence-corrected chi connectivity index (χ1v) is 17.8.